The van der Waals surface area contributed by atoms with Crippen molar-refractivity contribution in [3.63, 3.8) is 0 Å². The van der Waals surface area contributed by atoms with Crippen LogP contribution in [0.1, 0.15) is 12.5 Å². The lowest BCUT2D eigenvalue weighted by atomic mass is 10.0. The lowest BCUT2D eigenvalue weighted by Gasteiger charge is -2.26. The summed E-state index contributed by atoms with van der Waals surface area (Å²) in [5, 5.41) is 2.16. The molecule has 0 bridgehead atoms. The molecule has 0 aliphatic rings. The fourth-order valence-electron chi connectivity index (χ4n) is 1.50. The smallest absolute Gasteiger partial charge is 0.415 e. The Morgan fingerprint density at radius 1 is 1.19 bits per heavy atom. The summed E-state index contributed by atoms with van der Waals surface area (Å²) < 4.78 is 48.3. The molecule has 5 nitrogen and oxygen atoms in total. The van der Waals surface area contributed by atoms with Crippen LogP contribution in [0.2, 0.25) is 0 Å². The number of hydrogen-bond donors (Lipinski definition) is 2. The van der Waals surface area contributed by atoms with E-state index in [9.17, 15) is 18.0 Å². The highest BCUT2D eigenvalue weighted by Crippen LogP contribution is 2.34. The van der Waals surface area contributed by atoms with Gasteiger partial charge >= 0.3 is 6.18 Å². The van der Waals surface area contributed by atoms with Crippen molar-refractivity contribution in [2.45, 2.75) is 25.6 Å². The number of carbonyl (C=O) groups is 1. The molecule has 0 radical (unpaired) electrons. The molecule has 0 saturated carbocycles. The van der Waals surface area contributed by atoms with Crippen LogP contribution < -0.4 is 20.5 Å². The van der Waals surface area contributed by atoms with E-state index in [0.717, 1.165) is 0 Å². The molecule has 1 unspecified atom stereocenters. The number of alkyl halides is 3. The number of nitrogens with two attached hydrogens (primary N) is 1. The van der Waals surface area contributed by atoms with E-state index in [0.29, 0.717) is 18.2 Å². The van der Waals surface area contributed by atoms with E-state index < -0.39 is 17.6 Å². The third-order valence-corrected chi connectivity index (χ3v) is 3.04. The fourth-order valence-corrected chi connectivity index (χ4v) is 1.50. The molecule has 1 aromatic carbocycles. The molecule has 1 aromatic rings. The number of hydrogen-bond acceptors (Lipinski definition) is 4. The van der Waals surface area contributed by atoms with Crippen LogP contribution in [0.5, 0.6) is 11.5 Å². The number of anilines is 1. The van der Waals surface area contributed by atoms with Crippen LogP contribution in [0.4, 0.5) is 18.9 Å². The number of methoxy groups -OCH3 is 2. The van der Waals surface area contributed by atoms with Crippen LogP contribution >= 0.6 is 0 Å². The van der Waals surface area contributed by atoms with Crippen molar-refractivity contribution in [3.8, 4) is 11.5 Å². The van der Waals surface area contributed by atoms with Gasteiger partial charge in [-0.1, -0.05) is 0 Å². The zero-order chi connectivity index (χ0) is 16.4. The first-order valence-corrected chi connectivity index (χ1v) is 5.94. The number of nitrogens with one attached hydrogen (secondary N) is 1. The number of halogens is 3. The van der Waals surface area contributed by atoms with Crippen LogP contribution in [-0.4, -0.2) is 31.8 Å². The first-order chi connectivity index (χ1) is 9.54. The Hall–Kier alpha value is -1.96. The lowest BCUT2D eigenvalue weighted by molar-refractivity contribution is -0.184. The molecule has 1 atom stereocenters. The topological polar surface area (TPSA) is 73.6 Å². The van der Waals surface area contributed by atoms with Crippen molar-refractivity contribution >= 4 is 11.6 Å². The molecule has 3 N–H and O–H groups in total. The second-order valence-electron chi connectivity index (χ2n) is 4.68. The number of benzene rings is 1. The number of aryl methyl sites for hydroxylation is 1. The average molecular weight is 306 g/mol. The third kappa shape index (κ3) is 3.38. The van der Waals surface area contributed by atoms with E-state index in [2.05, 4.69) is 5.32 Å². The monoisotopic (exact) mass is 306 g/mol. The van der Waals surface area contributed by atoms with Gasteiger partial charge in [0.15, 0.2) is 17.0 Å². The summed E-state index contributed by atoms with van der Waals surface area (Å²) in [4.78, 5) is 11.8. The van der Waals surface area contributed by atoms with Gasteiger partial charge in [0.1, 0.15) is 0 Å². The normalized spacial score (nSPS) is 14.3. The van der Waals surface area contributed by atoms with Crippen LogP contribution in [-0.2, 0) is 4.79 Å². The molecule has 0 fully saturated rings. The van der Waals surface area contributed by atoms with Gasteiger partial charge < -0.3 is 20.5 Å². The van der Waals surface area contributed by atoms with Crippen LogP contribution in [0.15, 0.2) is 12.1 Å². The van der Waals surface area contributed by atoms with Crippen molar-refractivity contribution < 1.29 is 27.4 Å². The van der Waals surface area contributed by atoms with E-state index >= 15 is 0 Å². The molecule has 0 aromatic heterocycles. The van der Waals surface area contributed by atoms with Gasteiger partial charge in [-0.05, 0) is 25.5 Å². The summed E-state index contributed by atoms with van der Waals surface area (Å²) in [5.74, 6) is -0.672. The van der Waals surface area contributed by atoms with Crippen molar-refractivity contribution in [1.82, 2.24) is 0 Å². The quantitative estimate of drug-likeness (QED) is 0.894. The highest BCUT2D eigenvalue weighted by molar-refractivity contribution is 5.99. The number of rotatable bonds is 4. The minimum absolute atomic E-state index is 0.165. The predicted octanol–water partition coefficient (Wildman–Crippen LogP) is 2.23. The molecule has 0 spiro atoms. The van der Waals surface area contributed by atoms with Crippen LogP contribution in [0.25, 0.3) is 0 Å². The van der Waals surface area contributed by atoms with Crippen molar-refractivity contribution in [2.75, 3.05) is 19.5 Å². The molecular formula is C13H17F3N2O3. The summed E-state index contributed by atoms with van der Waals surface area (Å²) in [7, 11) is 2.80. The van der Waals surface area contributed by atoms with Gasteiger partial charge in [0.05, 0.1) is 14.2 Å². The second-order valence-corrected chi connectivity index (χ2v) is 4.68. The van der Waals surface area contributed by atoms with Crippen LogP contribution in [0.3, 0.4) is 0 Å². The first-order valence-electron chi connectivity index (χ1n) is 5.94. The van der Waals surface area contributed by atoms with E-state index in [4.69, 9.17) is 15.2 Å². The zero-order valence-corrected chi connectivity index (χ0v) is 12.1. The minimum Gasteiger partial charge on any atom is -0.493 e. The Morgan fingerprint density at radius 2 is 1.67 bits per heavy atom. The third-order valence-electron chi connectivity index (χ3n) is 3.04. The Kier molecular flexibility index (Phi) is 4.72. The van der Waals surface area contributed by atoms with Crippen molar-refractivity contribution in [2.24, 2.45) is 5.73 Å². The molecule has 118 valence electrons. The molecule has 0 aliphatic heterocycles. The predicted molar refractivity (Wildman–Crippen MR) is 71.6 cm³/mol. The van der Waals surface area contributed by atoms with Crippen molar-refractivity contribution in [1.29, 1.82) is 0 Å². The summed E-state index contributed by atoms with van der Waals surface area (Å²) >= 11 is 0. The highest BCUT2D eigenvalue weighted by atomic mass is 19.4. The van der Waals surface area contributed by atoms with Gasteiger partial charge in [-0.15, -0.1) is 0 Å². The maximum absolute atomic E-state index is 12.7. The van der Waals surface area contributed by atoms with Crippen molar-refractivity contribution in [3.05, 3.63) is 17.7 Å². The summed E-state index contributed by atoms with van der Waals surface area (Å²) in [6, 6.07) is 2.91. The lowest BCUT2D eigenvalue weighted by Crippen LogP contribution is -2.59. The summed E-state index contributed by atoms with van der Waals surface area (Å²) in [5.41, 5.74) is 2.75. The van der Waals surface area contributed by atoms with Gasteiger partial charge in [0.2, 0.25) is 0 Å². The SMILES string of the molecule is COc1cc(C)c(NC(=O)C(C)(N)C(F)(F)F)cc1OC. The van der Waals surface area contributed by atoms with Gasteiger partial charge in [0, 0.05) is 11.8 Å². The summed E-state index contributed by atoms with van der Waals surface area (Å²) in [6.45, 7) is 2.22. The molecule has 21 heavy (non-hydrogen) atoms. The molecule has 1 rings (SSSR count). The van der Waals surface area contributed by atoms with Gasteiger partial charge in [-0.25, -0.2) is 0 Å². The zero-order valence-electron chi connectivity index (χ0n) is 12.1. The molecule has 0 heterocycles. The van der Waals surface area contributed by atoms with E-state index in [1.54, 1.807) is 6.92 Å². The molecule has 1 amide bonds. The second kappa shape index (κ2) is 5.80. The average Bonchev–Trinajstić information content (AvgIpc) is 2.38. The van der Waals surface area contributed by atoms with Crippen LogP contribution in [0, 0.1) is 6.92 Å². The molecule has 0 aliphatic carbocycles. The molecule has 0 saturated heterocycles. The molecule has 8 heteroatoms. The van der Waals surface area contributed by atoms with E-state index in [1.807, 2.05) is 0 Å². The maximum atomic E-state index is 12.7. The first kappa shape index (κ1) is 17.1. The van der Waals surface area contributed by atoms with Gasteiger partial charge in [-0.3, -0.25) is 4.79 Å². The minimum atomic E-state index is -4.86. The summed E-state index contributed by atoms with van der Waals surface area (Å²) in [6.07, 6.45) is -4.86. The molecular weight excluding hydrogens is 289 g/mol. The highest BCUT2D eigenvalue weighted by Gasteiger charge is 2.54. The Morgan fingerprint density at radius 3 is 2.10 bits per heavy atom. The maximum Gasteiger partial charge on any atom is 0.415 e. The van der Waals surface area contributed by atoms with E-state index in [-0.39, 0.29) is 11.4 Å². The fraction of sp³-hybridized carbons (Fsp3) is 0.462. The number of ether oxygens (including phenoxy) is 2. The Bertz CT molecular complexity index is 542. The van der Waals surface area contributed by atoms with Gasteiger partial charge in [-0.2, -0.15) is 13.2 Å². The van der Waals surface area contributed by atoms with Gasteiger partial charge in [0.25, 0.3) is 5.91 Å². The van der Waals surface area contributed by atoms with E-state index in [1.165, 1.54) is 26.4 Å². The Labute approximate surface area is 120 Å². The standard InChI is InChI=1S/C13H17F3N2O3/c1-7-5-9(20-3)10(21-4)6-8(7)18-11(19)12(2,17)13(14,15)16/h5-6H,17H2,1-4H3,(H,18,19). The number of carbonyl (C=O) groups excluding carboxylic acids is 1. The number of amides is 1. The largest absolute Gasteiger partial charge is 0.493 e. The Balaban J connectivity index is 3.12.